The summed E-state index contributed by atoms with van der Waals surface area (Å²) in [6.07, 6.45) is 1.24. The fraction of sp³-hybridized carbons (Fsp3) is 0.263. The number of hydrogen-bond acceptors (Lipinski definition) is 3. The highest BCUT2D eigenvalue weighted by atomic mass is 35.5. The molecule has 0 aliphatic rings. The van der Waals surface area contributed by atoms with Crippen molar-refractivity contribution in [3.8, 4) is 0 Å². The molecule has 2 rings (SSSR count). The average molecular weight is 362 g/mol. The van der Waals surface area contributed by atoms with E-state index in [9.17, 15) is 9.59 Å². The minimum absolute atomic E-state index is 0. The van der Waals surface area contributed by atoms with E-state index in [1.165, 1.54) is 0 Å². The van der Waals surface area contributed by atoms with Crippen molar-refractivity contribution in [2.45, 2.75) is 19.8 Å². The zero-order valence-corrected chi connectivity index (χ0v) is 15.3. The van der Waals surface area contributed by atoms with Crippen molar-refractivity contribution in [3.05, 3.63) is 59.7 Å². The second kappa shape index (κ2) is 10.5. The van der Waals surface area contributed by atoms with Crippen LogP contribution in [0.2, 0.25) is 0 Å². The second-order valence-electron chi connectivity index (χ2n) is 5.61. The molecule has 0 saturated heterocycles. The van der Waals surface area contributed by atoms with Gasteiger partial charge in [-0.05, 0) is 56.8 Å². The van der Waals surface area contributed by atoms with Gasteiger partial charge in [0.2, 0.25) is 5.91 Å². The van der Waals surface area contributed by atoms with Gasteiger partial charge in [-0.3, -0.25) is 9.59 Å². The van der Waals surface area contributed by atoms with E-state index in [-0.39, 0.29) is 24.2 Å². The fourth-order valence-corrected chi connectivity index (χ4v) is 2.27. The van der Waals surface area contributed by atoms with E-state index in [1.54, 1.807) is 18.2 Å². The number of hydrogen-bond donors (Lipinski definition) is 3. The lowest BCUT2D eigenvalue weighted by Gasteiger charge is -2.12. The van der Waals surface area contributed by atoms with Gasteiger partial charge in [0.1, 0.15) is 0 Å². The average Bonchev–Trinajstić information content (AvgIpc) is 2.59. The van der Waals surface area contributed by atoms with Crippen LogP contribution in [0.4, 0.5) is 11.4 Å². The number of anilines is 2. The Bertz CT molecular complexity index is 705. The molecule has 6 heteroatoms. The van der Waals surface area contributed by atoms with Crippen LogP contribution in [-0.4, -0.2) is 25.4 Å². The number of aryl methyl sites for hydroxylation is 1. The Morgan fingerprint density at radius 1 is 1.00 bits per heavy atom. The number of halogens is 1. The molecule has 0 heterocycles. The summed E-state index contributed by atoms with van der Waals surface area (Å²) < 4.78 is 0. The van der Waals surface area contributed by atoms with Crippen molar-refractivity contribution in [1.29, 1.82) is 0 Å². The summed E-state index contributed by atoms with van der Waals surface area (Å²) in [5, 5.41) is 8.77. The highest BCUT2D eigenvalue weighted by Gasteiger charge is 2.09. The summed E-state index contributed by atoms with van der Waals surface area (Å²) in [4.78, 5) is 24.2. The zero-order valence-electron chi connectivity index (χ0n) is 14.5. The van der Waals surface area contributed by atoms with Crippen molar-refractivity contribution >= 4 is 35.6 Å². The lowest BCUT2D eigenvalue weighted by atomic mass is 10.1. The Labute approximate surface area is 154 Å². The van der Waals surface area contributed by atoms with Gasteiger partial charge >= 0.3 is 0 Å². The van der Waals surface area contributed by atoms with Crippen molar-refractivity contribution in [2.24, 2.45) is 0 Å². The van der Waals surface area contributed by atoms with E-state index in [0.717, 1.165) is 24.2 Å². The second-order valence-corrected chi connectivity index (χ2v) is 5.61. The predicted octanol–water partition coefficient (Wildman–Crippen LogP) is 3.61. The summed E-state index contributed by atoms with van der Waals surface area (Å²) in [7, 11) is 1.86. The number of carbonyl (C=O) groups excluding carboxylic acids is 2. The molecule has 25 heavy (non-hydrogen) atoms. The van der Waals surface area contributed by atoms with E-state index in [0.29, 0.717) is 17.7 Å². The number of amides is 2. The number of carbonyl (C=O) groups is 2. The maximum Gasteiger partial charge on any atom is 0.255 e. The maximum absolute atomic E-state index is 12.2. The molecule has 0 aliphatic heterocycles. The minimum atomic E-state index is -0.175. The Balaban J connectivity index is 0.00000312. The molecule has 0 atom stereocenters. The molecule has 3 N–H and O–H groups in total. The summed E-state index contributed by atoms with van der Waals surface area (Å²) in [5.74, 6) is -0.203. The normalized spacial score (nSPS) is 9.84. The molecule has 0 bridgehead atoms. The van der Waals surface area contributed by atoms with Gasteiger partial charge in [0.25, 0.3) is 5.91 Å². The van der Waals surface area contributed by atoms with Gasteiger partial charge in [-0.1, -0.05) is 24.3 Å². The van der Waals surface area contributed by atoms with Crippen molar-refractivity contribution in [1.82, 2.24) is 5.32 Å². The minimum Gasteiger partial charge on any atom is -0.326 e. The first kappa shape index (κ1) is 20.7. The van der Waals surface area contributed by atoms with Crippen LogP contribution in [0, 0.1) is 6.92 Å². The molecule has 0 radical (unpaired) electrons. The van der Waals surface area contributed by atoms with Crippen LogP contribution in [0.3, 0.4) is 0 Å². The van der Waals surface area contributed by atoms with Crippen molar-refractivity contribution < 1.29 is 9.59 Å². The van der Waals surface area contributed by atoms with Crippen LogP contribution >= 0.6 is 12.4 Å². The molecule has 0 fully saturated rings. The first-order chi connectivity index (χ1) is 11.6. The Kier molecular flexibility index (Phi) is 8.67. The van der Waals surface area contributed by atoms with E-state index >= 15 is 0 Å². The number of rotatable bonds is 7. The van der Waals surface area contributed by atoms with Gasteiger partial charge in [0.05, 0.1) is 0 Å². The fourth-order valence-electron chi connectivity index (χ4n) is 2.27. The topological polar surface area (TPSA) is 70.2 Å². The zero-order chi connectivity index (χ0) is 17.4. The molecule has 0 spiro atoms. The van der Waals surface area contributed by atoms with Gasteiger partial charge < -0.3 is 16.0 Å². The largest absolute Gasteiger partial charge is 0.326 e. The summed E-state index contributed by atoms with van der Waals surface area (Å²) in [5.41, 5.74) is 2.92. The van der Waals surface area contributed by atoms with Crippen LogP contribution in [0.15, 0.2) is 48.5 Å². The standard InChI is InChI=1S/C19H23N3O2.ClH/c1-14-10-11-16(21-19(24)15-7-4-3-5-8-15)13-17(14)22-18(23)9-6-12-20-2;/h3-5,7-8,10-11,13,20H,6,9,12H2,1-2H3,(H,21,24)(H,22,23);1H. The van der Waals surface area contributed by atoms with Gasteiger partial charge in [-0.2, -0.15) is 0 Å². The summed E-state index contributed by atoms with van der Waals surface area (Å²) >= 11 is 0. The molecular weight excluding hydrogens is 338 g/mol. The monoisotopic (exact) mass is 361 g/mol. The van der Waals surface area contributed by atoms with Gasteiger partial charge in [-0.15, -0.1) is 12.4 Å². The van der Waals surface area contributed by atoms with Gasteiger partial charge in [0.15, 0.2) is 0 Å². The van der Waals surface area contributed by atoms with Crippen LogP contribution < -0.4 is 16.0 Å². The van der Waals surface area contributed by atoms with Crippen LogP contribution in [0.5, 0.6) is 0 Å². The quantitative estimate of drug-likeness (QED) is 0.660. The van der Waals surface area contributed by atoms with E-state index in [2.05, 4.69) is 16.0 Å². The molecule has 2 aromatic carbocycles. The van der Waals surface area contributed by atoms with E-state index in [4.69, 9.17) is 0 Å². The Hall–Kier alpha value is -2.37. The first-order valence-corrected chi connectivity index (χ1v) is 8.01. The molecular formula is C19H24ClN3O2. The summed E-state index contributed by atoms with van der Waals surface area (Å²) in [6.45, 7) is 2.73. The molecule has 0 saturated carbocycles. The summed E-state index contributed by atoms with van der Waals surface area (Å²) in [6, 6.07) is 14.5. The third kappa shape index (κ3) is 6.57. The lowest BCUT2D eigenvalue weighted by Crippen LogP contribution is -2.16. The van der Waals surface area contributed by atoms with E-state index in [1.807, 2.05) is 44.3 Å². The maximum atomic E-state index is 12.2. The highest BCUT2D eigenvalue weighted by Crippen LogP contribution is 2.21. The third-order valence-corrected chi connectivity index (χ3v) is 3.64. The molecule has 0 aromatic heterocycles. The van der Waals surface area contributed by atoms with Gasteiger partial charge in [0, 0.05) is 23.4 Å². The Morgan fingerprint density at radius 2 is 1.72 bits per heavy atom. The lowest BCUT2D eigenvalue weighted by molar-refractivity contribution is -0.116. The number of benzene rings is 2. The highest BCUT2D eigenvalue weighted by molar-refractivity contribution is 6.04. The molecule has 2 aromatic rings. The number of nitrogens with one attached hydrogen (secondary N) is 3. The molecule has 0 unspecified atom stereocenters. The van der Waals surface area contributed by atoms with Gasteiger partial charge in [-0.25, -0.2) is 0 Å². The third-order valence-electron chi connectivity index (χ3n) is 3.64. The van der Waals surface area contributed by atoms with Crippen molar-refractivity contribution in [3.63, 3.8) is 0 Å². The first-order valence-electron chi connectivity index (χ1n) is 8.01. The SMILES string of the molecule is CNCCCC(=O)Nc1cc(NC(=O)c2ccccc2)ccc1C.Cl. The molecule has 0 aliphatic carbocycles. The molecule has 2 amide bonds. The molecule has 5 nitrogen and oxygen atoms in total. The van der Waals surface area contributed by atoms with Crippen molar-refractivity contribution in [2.75, 3.05) is 24.2 Å². The predicted molar refractivity (Wildman–Crippen MR) is 105 cm³/mol. The van der Waals surface area contributed by atoms with Crippen LogP contribution in [-0.2, 0) is 4.79 Å². The molecule has 134 valence electrons. The van der Waals surface area contributed by atoms with Crippen LogP contribution in [0.1, 0.15) is 28.8 Å². The smallest absolute Gasteiger partial charge is 0.255 e. The van der Waals surface area contributed by atoms with Crippen LogP contribution in [0.25, 0.3) is 0 Å². The Morgan fingerprint density at radius 3 is 2.40 bits per heavy atom. The van der Waals surface area contributed by atoms with E-state index < -0.39 is 0 Å².